The van der Waals surface area contributed by atoms with Gasteiger partial charge in [-0.15, -0.1) is 6.58 Å². The summed E-state index contributed by atoms with van der Waals surface area (Å²) < 4.78 is 0. The standard InChI is InChI=1S/C15H19NO2/c1-2-12-7-9-16(10-8-12)11-13-3-5-14(6-4-13)15(17)18/h2-6,12H,1,7-11H2,(H,17,18). The van der Waals surface area contributed by atoms with Gasteiger partial charge in [-0.1, -0.05) is 18.2 Å². The Kier molecular flexibility index (Phi) is 4.15. The summed E-state index contributed by atoms with van der Waals surface area (Å²) in [4.78, 5) is 13.2. The van der Waals surface area contributed by atoms with Gasteiger partial charge in [0, 0.05) is 6.54 Å². The molecule has 1 aliphatic heterocycles. The Morgan fingerprint density at radius 3 is 2.44 bits per heavy atom. The van der Waals surface area contributed by atoms with Crippen LogP contribution in [0.2, 0.25) is 0 Å². The zero-order valence-corrected chi connectivity index (χ0v) is 10.5. The molecule has 1 aliphatic rings. The Morgan fingerprint density at radius 2 is 1.94 bits per heavy atom. The highest BCUT2D eigenvalue weighted by molar-refractivity contribution is 5.87. The Hall–Kier alpha value is -1.61. The average Bonchev–Trinajstić information content (AvgIpc) is 2.40. The van der Waals surface area contributed by atoms with Crippen LogP contribution < -0.4 is 0 Å². The SMILES string of the molecule is C=CC1CCN(Cc2ccc(C(=O)O)cc2)CC1. The number of benzene rings is 1. The maximum Gasteiger partial charge on any atom is 0.335 e. The Morgan fingerprint density at radius 1 is 1.33 bits per heavy atom. The van der Waals surface area contributed by atoms with Crippen molar-refractivity contribution in [2.75, 3.05) is 13.1 Å². The predicted molar refractivity (Wildman–Crippen MR) is 71.6 cm³/mol. The van der Waals surface area contributed by atoms with Crippen LogP contribution in [0.1, 0.15) is 28.8 Å². The molecule has 1 fully saturated rings. The highest BCUT2D eigenvalue weighted by Gasteiger charge is 2.16. The van der Waals surface area contributed by atoms with Gasteiger partial charge in [0.1, 0.15) is 0 Å². The van der Waals surface area contributed by atoms with E-state index in [0.717, 1.165) is 19.6 Å². The molecule has 18 heavy (non-hydrogen) atoms. The number of nitrogens with zero attached hydrogens (tertiary/aromatic N) is 1. The number of rotatable bonds is 4. The number of allylic oxidation sites excluding steroid dienone is 1. The van der Waals surface area contributed by atoms with Crippen molar-refractivity contribution in [1.82, 2.24) is 4.90 Å². The van der Waals surface area contributed by atoms with Gasteiger partial charge in [0.15, 0.2) is 0 Å². The van der Waals surface area contributed by atoms with E-state index < -0.39 is 5.97 Å². The van der Waals surface area contributed by atoms with Crippen LogP contribution >= 0.6 is 0 Å². The molecule has 0 atom stereocenters. The molecule has 1 heterocycles. The van der Waals surface area contributed by atoms with Crippen molar-refractivity contribution in [3.05, 3.63) is 48.0 Å². The molecule has 0 unspecified atom stereocenters. The lowest BCUT2D eigenvalue weighted by molar-refractivity contribution is 0.0697. The van der Waals surface area contributed by atoms with Crippen LogP contribution in [0, 0.1) is 5.92 Å². The maximum absolute atomic E-state index is 10.8. The first-order chi connectivity index (χ1) is 8.69. The minimum atomic E-state index is -0.867. The predicted octanol–water partition coefficient (Wildman–Crippen LogP) is 2.78. The van der Waals surface area contributed by atoms with Crippen LogP contribution in [0.3, 0.4) is 0 Å². The molecule has 0 spiro atoms. The molecule has 1 aromatic carbocycles. The van der Waals surface area contributed by atoms with E-state index >= 15 is 0 Å². The van der Waals surface area contributed by atoms with Crippen molar-refractivity contribution in [2.24, 2.45) is 5.92 Å². The van der Waals surface area contributed by atoms with Crippen molar-refractivity contribution in [1.29, 1.82) is 0 Å². The second kappa shape index (κ2) is 5.83. The van der Waals surface area contributed by atoms with E-state index in [1.54, 1.807) is 12.1 Å². The third-order valence-corrected chi connectivity index (χ3v) is 3.57. The Labute approximate surface area is 108 Å². The zero-order chi connectivity index (χ0) is 13.0. The first-order valence-corrected chi connectivity index (χ1v) is 6.36. The lowest BCUT2D eigenvalue weighted by Gasteiger charge is -2.30. The second-order valence-electron chi connectivity index (χ2n) is 4.85. The van der Waals surface area contributed by atoms with Gasteiger partial charge in [-0.05, 0) is 49.5 Å². The molecule has 2 rings (SSSR count). The van der Waals surface area contributed by atoms with E-state index in [0.29, 0.717) is 11.5 Å². The number of piperidine rings is 1. The van der Waals surface area contributed by atoms with Gasteiger partial charge in [0.2, 0.25) is 0 Å². The molecule has 1 saturated heterocycles. The average molecular weight is 245 g/mol. The summed E-state index contributed by atoms with van der Waals surface area (Å²) in [6.45, 7) is 6.94. The number of carboxylic acid groups (broad SMARTS) is 1. The summed E-state index contributed by atoms with van der Waals surface area (Å²) in [7, 11) is 0. The summed E-state index contributed by atoms with van der Waals surface area (Å²) in [6, 6.07) is 7.16. The minimum absolute atomic E-state index is 0.351. The van der Waals surface area contributed by atoms with Gasteiger partial charge in [0.05, 0.1) is 5.56 Å². The van der Waals surface area contributed by atoms with Crippen LogP contribution in [0.5, 0.6) is 0 Å². The topological polar surface area (TPSA) is 40.5 Å². The second-order valence-corrected chi connectivity index (χ2v) is 4.85. The van der Waals surface area contributed by atoms with Gasteiger partial charge in [-0.3, -0.25) is 4.90 Å². The van der Waals surface area contributed by atoms with Gasteiger partial charge in [0.25, 0.3) is 0 Å². The van der Waals surface area contributed by atoms with E-state index in [9.17, 15) is 4.79 Å². The zero-order valence-electron chi connectivity index (χ0n) is 10.5. The number of hydrogen-bond acceptors (Lipinski definition) is 2. The van der Waals surface area contributed by atoms with Gasteiger partial charge in [-0.2, -0.15) is 0 Å². The van der Waals surface area contributed by atoms with Crippen LogP contribution in [-0.4, -0.2) is 29.1 Å². The van der Waals surface area contributed by atoms with Crippen molar-refractivity contribution in [2.45, 2.75) is 19.4 Å². The highest BCUT2D eigenvalue weighted by Crippen LogP contribution is 2.19. The first kappa shape index (κ1) is 12.8. The van der Waals surface area contributed by atoms with Crippen molar-refractivity contribution < 1.29 is 9.90 Å². The number of carboxylic acids is 1. The molecule has 1 N–H and O–H groups in total. The van der Waals surface area contributed by atoms with Crippen LogP contribution in [0.15, 0.2) is 36.9 Å². The molecule has 0 saturated carbocycles. The molecule has 0 bridgehead atoms. The summed E-state index contributed by atoms with van der Waals surface area (Å²) in [5.41, 5.74) is 1.53. The van der Waals surface area contributed by atoms with Crippen molar-refractivity contribution in [3.63, 3.8) is 0 Å². The number of likely N-dealkylation sites (tertiary alicyclic amines) is 1. The third-order valence-electron chi connectivity index (χ3n) is 3.57. The number of aromatic carboxylic acids is 1. The smallest absolute Gasteiger partial charge is 0.335 e. The van der Waals surface area contributed by atoms with E-state index in [4.69, 9.17) is 5.11 Å². The van der Waals surface area contributed by atoms with Gasteiger partial charge >= 0.3 is 5.97 Å². The molecule has 0 amide bonds. The fourth-order valence-corrected chi connectivity index (χ4v) is 2.36. The van der Waals surface area contributed by atoms with E-state index in [1.165, 1.54) is 18.4 Å². The van der Waals surface area contributed by atoms with E-state index in [-0.39, 0.29) is 0 Å². The number of hydrogen-bond donors (Lipinski definition) is 1. The lowest BCUT2D eigenvalue weighted by atomic mass is 9.97. The monoisotopic (exact) mass is 245 g/mol. The first-order valence-electron chi connectivity index (χ1n) is 6.36. The van der Waals surface area contributed by atoms with E-state index in [2.05, 4.69) is 17.6 Å². The molecule has 3 heteroatoms. The largest absolute Gasteiger partial charge is 0.478 e. The molecular formula is C15H19NO2. The summed E-state index contributed by atoms with van der Waals surface area (Å²) in [5, 5.41) is 8.83. The molecule has 3 nitrogen and oxygen atoms in total. The Bertz CT molecular complexity index is 417. The molecular weight excluding hydrogens is 226 g/mol. The molecule has 0 aliphatic carbocycles. The molecule has 1 aromatic rings. The van der Waals surface area contributed by atoms with Crippen molar-refractivity contribution >= 4 is 5.97 Å². The van der Waals surface area contributed by atoms with Crippen LogP contribution in [0.25, 0.3) is 0 Å². The molecule has 0 aromatic heterocycles. The summed E-state index contributed by atoms with van der Waals surface area (Å²) >= 11 is 0. The third kappa shape index (κ3) is 3.20. The van der Waals surface area contributed by atoms with E-state index in [1.807, 2.05) is 12.1 Å². The summed E-state index contributed by atoms with van der Waals surface area (Å²) in [5.74, 6) is -0.205. The quantitative estimate of drug-likeness (QED) is 0.829. The minimum Gasteiger partial charge on any atom is -0.478 e. The molecule has 0 radical (unpaired) electrons. The lowest BCUT2D eigenvalue weighted by Crippen LogP contribution is -2.32. The van der Waals surface area contributed by atoms with Crippen LogP contribution in [0.4, 0.5) is 0 Å². The van der Waals surface area contributed by atoms with Gasteiger partial charge in [-0.25, -0.2) is 4.79 Å². The normalized spacial score (nSPS) is 17.6. The fourth-order valence-electron chi connectivity index (χ4n) is 2.36. The Balaban J connectivity index is 1.90. The molecule has 96 valence electrons. The fraction of sp³-hybridized carbons (Fsp3) is 0.400. The maximum atomic E-state index is 10.8. The highest BCUT2D eigenvalue weighted by atomic mass is 16.4. The van der Waals surface area contributed by atoms with Crippen molar-refractivity contribution in [3.8, 4) is 0 Å². The number of carbonyl (C=O) groups is 1. The summed E-state index contributed by atoms with van der Waals surface area (Å²) in [6.07, 6.45) is 4.41. The van der Waals surface area contributed by atoms with Crippen LogP contribution in [-0.2, 0) is 6.54 Å². The van der Waals surface area contributed by atoms with Gasteiger partial charge < -0.3 is 5.11 Å².